The Bertz CT molecular complexity index is 1350. The first kappa shape index (κ1) is 21.7. The van der Waals surface area contributed by atoms with Crippen molar-refractivity contribution in [2.45, 2.75) is 44.8 Å². The van der Waals surface area contributed by atoms with Gasteiger partial charge in [0, 0.05) is 27.2 Å². The number of carbonyl (C=O) groups excluding carboxylic acids is 1. The van der Waals surface area contributed by atoms with Crippen LogP contribution in [0.1, 0.15) is 58.5 Å². The zero-order valence-corrected chi connectivity index (χ0v) is 19.7. The third-order valence-corrected chi connectivity index (χ3v) is 8.34. The molecule has 5 rings (SSSR count). The molecular formula is C22H21Cl2N3O4S. The highest BCUT2D eigenvalue weighted by Crippen LogP contribution is 2.41. The van der Waals surface area contributed by atoms with Crippen molar-refractivity contribution in [1.82, 2.24) is 14.8 Å². The number of carbonyl (C=O) groups is 1. The highest BCUT2D eigenvalue weighted by Gasteiger charge is 2.34. The normalized spacial score (nSPS) is 20.0. The van der Waals surface area contributed by atoms with Gasteiger partial charge in [0.25, 0.3) is 0 Å². The Labute approximate surface area is 195 Å². The molecule has 10 heteroatoms. The molecule has 1 saturated carbocycles. The SMILES string of the molecule is Cc1nn(C2CCS(=O)(=O)C2)c2nc(C3CC3)cc(C(=O)OCc3ccc(Cl)cc3Cl)c12. The number of nitrogens with zero attached hydrogens (tertiary/aromatic N) is 3. The standard InChI is InChI=1S/C22H21Cl2N3O4S/c1-12-20-17(22(28)31-10-14-4-5-15(23)8-18(14)24)9-19(13-2-3-13)25-21(20)27(26-12)16-6-7-32(29,30)11-16/h4-5,8-9,13,16H,2-3,6-7,10-11H2,1H3. The molecule has 0 bridgehead atoms. The van der Waals surface area contributed by atoms with Gasteiger partial charge in [0.1, 0.15) is 6.61 Å². The van der Waals surface area contributed by atoms with Crippen LogP contribution in [0.5, 0.6) is 0 Å². The van der Waals surface area contributed by atoms with Crippen LogP contribution in [0.15, 0.2) is 24.3 Å². The molecule has 7 nitrogen and oxygen atoms in total. The zero-order valence-electron chi connectivity index (χ0n) is 17.3. The monoisotopic (exact) mass is 493 g/mol. The second-order valence-electron chi connectivity index (χ2n) is 8.47. The molecule has 1 aliphatic heterocycles. The van der Waals surface area contributed by atoms with E-state index in [1.165, 1.54) is 0 Å². The highest BCUT2D eigenvalue weighted by atomic mass is 35.5. The van der Waals surface area contributed by atoms with Gasteiger partial charge in [0.15, 0.2) is 15.5 Å². The van der Waals surface area contributed by atoms with Crippen LogP contribution in [0.25, 0.3) is 11.0 Å². The summed E-state index contributed by atoms with van der Waals surface area (Å²) in [5, 5.41) is 6.12. The maximum absolute atomic E-state index is 13.1. The first-order valence-electron chi connectivity index (χ1n) is 10.4. The fraction of sp³-hybridized carbons (Fsp3) is 0.409. The minimum atomic E-state index is -3.09. The zero-order chi connectivity index (χ0) is 22.6. The Balaban J connectivity index is 1.52. The van der Waals surface area contributed by atoms with Crippen LogP contribution in [0.4, 0.5) is 0 Å². The van der Waals surface area contributed by atoms with Crippen molar-refractivity contribution in [3.05, 3.63) is 56.8 Å². The van der Waals surface area contributed by atoms with E-state index in [0.717, 1.165) is 18.5 Å². The van der Waals surface area contributed by atoms with Crippen molar-refractivity contribution >= 4 is 50.0 Å². The topological polar surface area (TPSA) is 91.1 Å². The van der Waals surface area contributed by atoms with Gasteiger partial charge in [0.05, 0.1) is 34.2 Å². The second kappa shape index (κ2) is 8.01. The number of pyridine rings is 1. The molecule has 0 N–H and O–H groups in total. The summed E-state index contributed by atoms with van der Waals surface area (Å²) in [6.07, 6.45) is 2.51. The number of hydrogen-bond acceptors (Lipinski definition) is 6. The van der Waals surface area contributed by atoms with Crippen LogP contribution in [0.3, 0.4) is 0 Å². The van der Waals surface area contributed by atoms with Gasteiger partial charge in [-0.2, -0.15) is 5.10 Å². The molecule has 1 aromatic carbocycles. The summed E-state index contributed by atoms with van der Waals surface area (Å²) >= 11 is 12.1. The van der Waals surface area contributed by atoms with E-state index in [-0.39, 0.29) is 24.2 Å². The number of esters is 1. The van der Waals surface area contributed by atoms with Crippen molar-refractivity contribution in [1.29, 1.82) is 0 Å². The van der Waals surface area contributed by atoms with Crippen molar-refractivity contribution in [2.75, 3.05) is 11.5 Å². The summed E-state index contributed by atoms with van der Waals surface area (Å²) in [5.41, 5.74) is 3.03. The summed E-state index contributed by atoms with van der Waals surface area (Å²) in [4.78, 5) is 17.9. The number of halogens is 2. The number of benzene rings is 1. The van der Waals surface area contributed by atoms with E-state index in [1.807, 2.05) is 0 Å². The summed E-state index contributed by atoms with van der Waals surface area (Å²) in [6, 6.07) is 6.52. The van der Waals surface area contributed by atoms with E-state index in [1.54, 1.807) is 35.9 Å². The van der Waals surface area contributed by atoms with E-state index < -0.39 is 15.8 Å². The summed E-state index contributed by atoms with van der Waals surface area (Å²) in [7, 11) is -3.09. The minimum absolute atomic E-state index is 0.00542. The van der Waals surface area contributed by atoms with E-state index in [9.17, 15) is 13.2 Å². The Kier molecular flexibility index (Phi) is 5.42. The molecule has 0 amide bonds. The lowest BCUT2D eigenvalue weighted by Crippen LogP contribution is -2.14. The fourth-order valence-electron chi connectivity index (χ4n) is 4.16. The van der Waals surface area contributed by atoms with Crippen LogP contribution in [-0.4, -0.2) is 40.7 Å². The maximum Gasteiger partial charge on any atom is 0.339 e. The van der Waals surface area contributed by atoms with Gasteiger partial charge in [-0.25, -0.2) is 22.9 Å². The van der Waals surface area contributed by atoms with Gasteiger partial charge in [-0.05, 0) is 44.4 Å². The molecule has 2 aliphatic rings. The lowest BCUT2D eigenvalue weighted by Gasteiger charge is -2.12. The van der Waals surface area contributed by atoms with Crippen molar-refractivity contribution in [2.24, 2.45) is 0 Å². The molecule has 0 radical (unpaired) electrons. The molecule has 0 spiro atoms. The molecule has 1 atom stereocenters. The molecule has 3 aromatic rings. The molecular weight excluding hydrogens is 473 g/mol. The van der Waals surface area contributed by atoms with Crippen molar-refractivity contribution < 1.29 is 17.9 Å². The van der Waals surface area contributed by atoms with Crippen molar-refractivity contribution in [3.63, 3.8) is 0 Å². The molecule has 2 fully saturated rings. The molecule has 32 heavy (non-hydrogen) atoms. The first-order chi connectivity index (χ1) is 15.2. The van der Waals surface area contributed by atoms with Gasteiger partial charge >= 0.3 is 5.97 Å². The Morgan fingerprint density at radius 1 is 1.22 bits per heavy atom. The lowest BCUT2D eigenvalue weighted by molar-refractivity contribution is 0.0475. The molecule has 1 saturated heterocycles. The molecule has 1 unspecified atom stereocenters. The van der Waals surface area contributed by atoms with Gasteiger partial charge in [-0.3, -0.25) is 0 Å². The predicted octanol–water partition coefficient (Wildman–Crippen LogP) is 4.64. The molecule has 1 aliphatic carbocycles. The third-order valence-electron chi connectivity index (χ3n) is 6.00. The number of ether oxygens (including phenoxy) is 1. The number of rotatable bonds is 5. The smallest absolute Gasteiger partial charge is 0.339 e. The number of fused-ring (bicyclic) bond motifs is 1. The van der Waals surface area contributed by atoms with Gasteiger partial charge in [0.2, 0.25) is 0 Å². The average Bonchev–Trinajstić information content (AvgIpc) is 3.45. The summed E-state index contributed by atoms with van der Waals surface area (Å²) in [5.74, 6) is -0.0236. The Morgan fingerprint density at radius 2 is 2.00 bits per heavy atom. The highest BCUT2D eigenvalue weighted by molar-refractivity contribution is 7.91. The summed E-state index contributed by atoms with van der Waals surface area (Å²) in [6.45, 7) is 1.80. The number of sulfone groups is 1. The Morgan fingerprint density at radius 3 is 2.66 bits per heavy atom. The lowest BCUT2D eigenvalue weighted by atomic mass is 10.1. The quantitative estimate of drug-likeness (QED) is 0.480. The van der Waals surface area contributed by atoms with Crippen molar-refractivity contribution in [3.8, 4) is 0 Å². The average molecular weight is 494 g/mol. The number of hydrogen-bond donors (Lipinski definition) is 0. The first-order valence-corrected chi connectivity index (χ1v) is 13.0. The van der Waals surface area contributed by atoms with E-state index >= 15 is 0 Å². The molecule has 168 valence electrons. The van der Waals surface area contributed by atoms with E-state index in [2.05, 4.69) is 5.10 Å². The molecule has 2 aromatic heterocycles. The largest absolute Gasteiger partial charge is 0.457 e. The van der Waals surface area contributed by atoms with Gasteiger partial charge in [-0.1, -0.05) is 29.3 Å². The number of aromatic nitrogens is 3. The van der Waals surface area contributed by atoms with Crippen LogP contribution >= 0.6 is 23.2 Å². The van der Waals surface area contributed by atoms with Gasteiger partial charge < -0.3 is 4.74 Å². The van der Waals surface area contributed by atoms with E-state index in [4.69, 9.17) is 32.9 Å². The van der Waals surface area contributed by atoms with Crippen LogP contribution in [-0.2, 0) is 21.2 Å². The maximum atomic E-state index is 13.1. The molecule has 3 heterocycles. The number of aryl methyl sites for hydroxylation is 1. The fourth-order valence-corrected chi connectivity index (χ4v) is 6.32. The Hall–Kier alpha value is -2.16. The predicted molar refractivity (Wildman–Crippen MR) is 122 cm³/mol. The van der Waals surface area contributed by atoms with E-state index in [0.29, 0.717) is 50.2 Å². The van der Waals surface area contributed by atoms with Crippen LogP contribution < -0.4 is 0 Å². The van der Waals surface area contributed by atoms with Crippen LogP contribution in [0, 0.1) is 6.92 Å². The minimum Gasteiger partial charge on any atom is -0.457 e. The summed E-state index contributed by atoms with van der Waals surface area (Å²) < 4.78 is 31.3. The third kappa shape index (κ3) is 4.11. The van der Waals surface area contributed by atoms with Crippen LogP contribution in [0.2, 0.25) is 10.0 Å². The van der Waals surface area contributed by atoms with Gasteiger partial charge in [-0.15, -0.1) is 0 Å². The second-order valence-corrected chi connectivity index (χ2v) is 11.5.